The normalized spacial score (nSPS) is 22.9. The molecule has 2 amide bonds. The van der Waals surface area contributed by atoms with E-state index in [0.29, 0.717) is 17.9 Å². The van der Waals surface area contributed by atoms with Crippen molar-refractivity contribution in [3.63, 3.8) is 0 Å². The zero-order chi connectivity index (χ0) is 12.0. The molecule has 1 aromatic carbocycles. The van der Waals surface area contributed by atoms with Crippen molar-refractivity contribution in [3.8, 4) is 0 Å². The van der Waals surface area contributed by atoms with Crippen LogP contribution in [0.5, 0.6) is 0 Å². The van der Waals surface area contributed by atoms with Crippen LogP contribution in [0.1, 0.15) is 0 Å². The first kappa shape index (κ1) is 10.2. The Balaban J connectivity index is 2.12. The lowest BCUT2D eigenvalue weighted by Gasteiger charge is -2.39. The highest BCUT2D eigenvalue weighted by atomic mass is 19.1. The van der Waals surface area contributed by atoms with Gasteiger partial charge in [0.05, 0.1) is 17.9 Å². The van der Waals surface area contributed by atoms with E-state index in [4.69, 9.17) is 0 Å². The quantitative estimate of drug-likeness (QED) is 0.669. The number of rotatable bonds is 0. The van der Waals surface area contributed by atoms with Gasteiger partial charge in [-0.05, 0) is 18.2 Å². The Morgan fingerprint density at radius 1 is 1.35 bits per heavy atom. The number of carbonyl (C=O) groups is 2. The van der Waals surface area contributed by atoms with Crippen molar-refractivity contribution in [2.45, 2.75) is 6.04 Å². The minimum atomic E-state index is -0.547. The van der Waals surface area contributed by atoms with Gasteiger partial charge in [-0.15, -0.1) is 0 Å². The van der Waals surface area contributed by atoms with Crippen molar-refractivity contribution >= 4 is 23.2 Å². The highest BCUT2D eigenvalue weighted by Crippen LogP contribution is 2.33. The van der Waals surface area contributed by atoms with Crippen LogP contribution in [-0.4, -0.2) is 30.9 Å². The number of carbonyl (C=O) groups excluding carboxylic acids is 2. The van der Waals surface area contributed by atoms with Gasteiger partial charge in [-0.3, -0.25) is 14.5 Å². The molecule has 1 fully saturated rings. The van der Waals surface area contributed by atoms with Gasteiger partial charge in [-0.25, -0.2) is 4.39 Å². The molecule has 0 aliphatic carbocycles. The molecular weight excluding hydrogens is 225 g/mol. The van der Waals surface area contributed by atoms with E-state index in [1.807, 2.05) is 0 Å². The highest BCUT2D eigenvalue weighted by Gasteiger charge is 2.39. The number of hydrogen-bond acceptors (Lipinski definition) is 3. The maximum atomic E-state index is 13.1. The molecule has 0 saturated carbocycles. The SMILES string of the molecule is O=C1Nc2cc(F)ccc2N2C(=O)CNCC12. The molecule has 0 radical (unpaired) electrons. The van der Waals surface area contributed by atoms with E-state index in [0.717, 1.165) is 0 Å². The molecule has 2 aliphatic heterocycles. The summed E-state index contributed by atoms with van der Waals surface area (Å²) in [6.45, 7) is 0.606. The van der Waals surface area contributed by atoms with Gasteiger partial charge >= 0.3 is 0 Å². The molecule has 88 valence electrons. The van der Waals surface area contributed by atoms with E-state index < -0.39 is 11.9 Å². The van der Waals surface area contributed by atoms with Crippen molar-refractivity contribution in [2.75, 3.05) is 23.3 Å². The number of fused-ring (bicyclic) bond motifs is 3. The van der Waals surface area contributed by atoms with Crippen LogP contribution in [0.15, 0.2) is 18.2 Å². The fourth-order valence-electron chi connectivity index (χ4n) is 2.21. The smallest absolute Gasteiger partial charge is 0.248 e. The summed E-state index contributed by atoms with van der Waals surface area (Å²) in [5, 5.41) is 5.49. The summed E-state index contributed by atoms with van der Waals surface area (Å²) in [4.78, 5) is 25.0. The second kappa shape index (κ2) is 3.53. The molecule has 2 N–H and O–H groups in total. The van der Waals surface area contributed by atoms with Crippen molar-refractivity contribution < 1.29 is 14.0 Å². The summed E-state index contributed by atoms with van der Waals surface area (Å²) in [5.41, 5.74) is 0.906. The summed E-state index contributed by atoms with van der Waals surface area (Å²) >= 11 is 0. The summed E-state index contributed by atoms with van der Waals surface area (Å²) in [5.74, 6) is -0.905. The molecule has 2 heterocycles. The summed E-state index contributed by atoms with van der Waals surface area (Å²) in [7, 11) is 0. The van der Waals surface area contributed by atoms with Gasteiger partial charge in [0.25, 0.3) is 0 Å². The molecule has 0 aromatic heterocycles. The first-order valence-corrected chi connectivity index (χ1v) is 5.30. The predicted molar refractivity (Wildman–Crippen MR) is 59.2 cm³/mol. The Kier molecular flexibility index (Phi) is 2.12. The van der Waals surface area contributed by atoms with E-state index in [-0.39, 0.29) is 18.4 Å². The van der Waals surface area contributed by atoms with E-state index in [1.165, 1.54) is 23.1 Å². The van der Waals surface area contributed by atoms with Crippen LogP contribution >= 0.6 is 0 Å². The fourth-order valence-corrected chi connectivity index (χ4v) is 2.21. The van der Waals surface area contributed by atoms with Crippen molar-refractivity contribution in [1.82, 2.24) is 5.32 Å². The van der Waals surface area contributed by atoms with Crippen LogP contribution in [0.3, 0.4) is 0 Å². The number of piperazine rings is 1. The van der Waals surface area contributed by atoms with E-state index in [9.17, 15) is 14.0 Å². The first-order chi connectivity index (χ1) is 8.16. The standard InChI is InChI=1S/C11H10FN3O2/c12-6-1-2-8-7(3-6)14-11(17)9-4-13-5-10(16)15(8)9/h1-3,9,13H,4-5H2,(H,14,17). The lowest BCUT2D eigenvalue weighted by atomic mass is 10.1. The largest absolute Gasteiger partial charge is 0.322 e. The van der Waals surface area contributed by atoms with Crippen molar-refractivity contribution in [2.24, 2.45) is 0 Å². The second-order valence-electron chi connectivity index (χ2n) is 4.06. The summed E-state index contributed by atoms with van der Waals surface area (Å²) < 4.78 is 13.1. The molecule has 2 aliphatic rings. The third kappa shape index (κ3) is 1.49. The Hall–Kier alpha value is -1.95. The molecule has 6 heteroatoms. The molecule has 1 atom stereocenters. The number of halogens is 1. The molecule has 5 nitrogen and oxygen atoms in total. The second-order valence-corrected chi connectivity index (χ2v) is 4.06. The summed E-state index contributed by atoms with van der Waals surface area (Å²) in [6, 6.07) is 3.47. The maximum absolute atomic E-state index is 13.1. The maximum Gasteiger partial charge on any atom is 0.248 e. The zero-order valence-electron chi connectivity index (χ0n) is 8.87. The number of nitrogens with zero attached hydrogens (tertiary/aromatic N) is 1. The van der Waals surface area contributed by atoms with Gasteiger partial charge in [0, 0.05) is 6.54 Å². The van der Waals surface area contributed by atoms with Crippen LogP contribution in [-0.2, 0) is 9.59 Å². The van der Waals surface area contributed by atoms with Crippen LogP contribution in [0.2, 0.25) is 0 Å². The average Bonchev–Trinajstić information content (AvgIpc) is 2.29. The van der Waals surface area contributed by atoms with Gasteiger partial charge in [-0.2, -0.15) is 0 Å². The van der Waals surface area contributed by atoms with Crippen LogP contribution in [0.25, 0.3) is 0 Å². The molecule has 17 heavy (non-hydrogen) atoms. The lowest BCUT2D eigenvalue weighted by Crippen LogP contribution is -2.61. The third-order valence-corrected chi connectivity index (χ3v) is 2.97. The predicted octanol–water partition coefficient (Wildman–Crippen LogP) is 0.0826. The Labute approximate surface area is 96.6 Å². The van der Waals surface area contributed by atoms with E-state index in [1.54, 1.807) is 0 Å². The molecule has 3 rings (SSSR count). The fraction of sp³-hybridized carbons (Fsp3) is 0.273. The van der Waals surface area contributed by atoms with Gasteiger partial charge < -0.3 is 10.6 Å². The number of amides is 2. The van der Waals surface area contributed by atoms with Crippen LogP contribution < -0.4 is 15.5 Å². The monoisotopic (exact) mass is 235 g/mol. The van der Waals surface area contributed by atoms with Crippen molar-refractivity contribution in [3.05, 3.63) is 24.0 Å². The van der Waals surface area contributed by atoms with Gasteiger partial charge in [0.15, 0.2) is 0 Å². The van der Waals surface area contributed by atoms with Gasteiger partial charge in [-0.1, -0.05) is 0 Å². The number of benzene rings is 1. The molecule has 0 bridgehead atoms. The topological polar surface area (TPSA) is 61.4 Å². The van der Waals surface area contributed by atoms with Crippen LogP contribution in [0.4, 0.5) is 15.8 Å². The number of nitrogens with one attached hydrogen (secondary N) is 2. The minimum Gasteiger partial charge on any atom is -0.322 e. The van der Waals surface area contributed by atoms with Crippen LogP contribution in [0, 0.1) is 5.82 Å². The number of hydrogen-bond donors (Lipinski definition) is 2. The van der Waals surface area contributed by atoms with E-state index >= 15 is 0 Å². The summed E-state index contributed by atoms with van der Waals surface area (Å²) in [6.07, 6.45) is 0. The minimum absolute atomic E-state index is 0.177. The molecule has 1 unspecified atom stereocenters. The Morgan fingerprint density at radius 3 is 3.00 bits per heavy atom. The first-order valence-electron chi connectivity index (χ1n) is 5.30. The lowest BCUT2D eigenvalue weighted by molar-refractivity contribution is -0.124. The Bertz CT molecular complexity index is 517. The van der Waals surface area contributed by atoms with Gasteiger partial charge in [0.2, 0.25) is 11.8 Å². The Morgan fingerprint density at radius 2 is 2.18 bits per heavy atom. The zero-order valence-corrected chi connectivity index (χ0v) is 8.87. The van der Waals surface area contributed by atoms with E-state index in [2.05, 4.69) is 10.6 Å². The third-order valence-electron chi connectivity index (χ3n) is 2.97. The molecule has 0 spiro atoms. The molecule has 1 aromatic rings. The average molecular weight is 235 g/mol. The molecule has 1 saturated heterocycles. The number of anilines is 2. The highest BCUT2D eigenvalue weighted by molar-refractivity contribution is 6.13. The molecular formula is C11H10FN3O2. The van der Waals surface area contributed by atoms with Gasteiger partial charge in [0.1, 0.15) is 11.9 Å². The van der Waals surface area contributed by atoms with Crippen molar-refractivity contribution in [1.29, 1.82) is 0 Å².